The number of hydrogen-bond donors (Lipinski definition) is 2. The van der Waals surface area contributed by atoms with Crippen LogP contribution in [-0.2, 0) is 0 Å². The first kappa shape index (κ1) is 19.5. The number of aromatic hydroxyl groups is 1. The Kier molecular flexibility index (Phi) is 7.17. The van der Waals surface area contributed by atoms with Gasteiger partial charge in [-0.2, -0.15) is 0 Å². The van der Waals surface area contributed by atoms with E-state index >= 15 is 0 Å². The van der Waals surface area contributed by atoms with Gasteiger partial charge in [0.2, 0.25) is 0 Å². The lowest BCUT2D eigenvalue weighted by molar-refractivity contribution is 0.268. The van der Waals surface area contributed by atoms with Crippen molar-refractivity contribution in [2.45, 2.75) is 36.1 Å². The van der Waals surface area contributed by atoms with Gasteiger partial charge in [-0.15, -0.1) is 23.5 Å². The van der Waals surface area contributed by atoms with Crippen LogP contribution in [0.3, 0.4) is 0 Å². The third-order valence-corrected chi connectivity index (χ3v) is 7.17. The van der Waals surface area contributed by atoms with Gasteiger partial charge < -0.3 is 15.2 Å². The van der Waals surface area contributed by atoms with Gasteiger partial charge in [-0.05, 0) is 43.1 Å². The maximum atomic E-state index is 10.2. The number of hydrogen-bond acceptors (Lipinski definition) is 5. The predicted molar refractivity (Wildman–Crippen MR) is 112 cm³/mol. The van der Waals surface area contributed by atoms with Crippen molar-refractivity contribution in [3.63, 3.8) is 0 Å². The zero-order valence-corrected chi connectivity index (χ0v) is 17.0. The van der Waals surface area contributed by atoms with Crippen LogP contribution in [0.1, 0.15) is 18.9 Å². The van der Waals surface area contributed by atoms with Gasteiger partial charge in [0.25, 0.3) is 0 Å². The van der Waals surface area contributed by atoms with E-state index in [4.69, 9.17) is 4.74 Å². The Morgan fingerprint density at radius 2 is 2.12 bits per heavy atom. The molecule has 0 aromatic heterocycles. The summed E-state index contributed by atoms with van der Waals surface area (Å²) in [6, 6.07) is 14.6. The lowest BCUT2D eigenvalue weighted by Crippen LogP contribution is -2.39. The van der Waals surface area contributed by atoms with Crippen LogP contribution < -0.4 is 10.1 Å². The maximum absolute atomic E-state index is 10.2. The lowest BCUT2D eigenvalue weighted by Gasteiger charge is -2.21. The molecule has 0 spiro atoms. The Morgan fingerprint density at radius 1 is 1.27 bits per heavy atom. The number of nitrogens with one attached hydrogen (secondary N) is 1. The van der Waals surface area contributed by atoms with E-state index in [0.29, 0.717) is 24.3 Å². The van der Waals surface area contributed by atoms with Gasteiger partial charge in [0, 0.05) is 21.3 Å². The SMILES string of the molecule is CC[C@H](CNC1COc2ccccc2SC1)CSc1cccc(C)c1O. The molecule has 2 atom stereocenters. The summed E-state index contributed by atoms with van der Waals surface area (Å²) in [6.45, 7) is 5.87. The summed E-state index contributed by atoms with van der Waals surface area (Å²) in [4.78, 5) is 2.21. The molecule has 26 heavy (non-hydrogen) atoms. The minimum Gasteiger partial charge on any atom is -0.507 e. The Hall–Kier alpha value is -1.30. The van der Waals surface area contributed by atoms with E-state index in [0.717, 1.165) is 40.7 Å². The second-order valence-electron chi connectivity index (χ2n) is 6.68. The van der Waals surface area contributed by atoms with Gasteiger partial charge in [-0.1, -0.05) is 37.6 Å². The zero-order valence-electron chi connectivity index (χ0n) is 15.4. The van der Waals surface area contributed by atoms with Crippen LogP contribution in [-0.4, -0.2) is 35.8 Å². The molecule has 0 saturated carbocycles. The van der Waals surface area contributed by atoms with Crippen molar-refractivity contribution in [2.75, 3.05) is 24.7 Å². The van der Waals surface area contributed by atoms with E-state index in [-0.39, 0.29) is 0 Å². The highest BCUT2D eigenvalue weighted by atomic mass is 32.2. The number of para-hydroxylation sites is 2. The number of ether oxygens (including phenoxy) is 1. The molecule has 0 saturated heterocycles. The van der Waals surface area contributed by atoms with Crippen LogP contribution in [0.4, 0.5) is 0 Å². The molecule has 2 aromatic rings. The van der Waals surface area contributed by atoms with Crippen molar-refractivity contribution in [3.8, 4) is 11.5 Å². The molecule has 5 heteroatoms. The molecule has 0 aliphatic carbocycles. The average Bonchev–Trinajstić information content (AvgIpc) is 2.87. The molecule has 3 rings (SSSR count). The molecule has 1 aliphatic rings. The number of phenols is 1. The van der Waals surface area contributed by atoms with Crippen LogP contribution in [0, 0.1) is 12.8 Å². The standard InChI is InChI=1S/C21H27NO2S2/c1-3-16(13-25-20-10-6-7-15(2)21(20)23)11-22-17-12-24-18-8-4-5-9-19(18)26-14-17/h4-10,16-17,22-23H,3,11-14H2,1-2H3/t16-,17?/m1/s1. The van der Waals surface area contributed by atoms with Gasteiger partial charge in [-0.3, -0.25) is 0 Å². The highest BCUT2D eigenvalue weighted by Gasteiger charge is 2.18. The summed E-state index contributed by atoms with van der Waals surface area (Å²) in [5.74, 6) is 4.02. The predicted octanol–water partition coefficient (Wildman–Crippen LogP) is 4.96. The molecule has 1 unspecified atom stereocenters. The van der Waals surface area contributed by atoms with Crippen molar-refractivity contribution in [3.05, 3.63) is 48.0 Å². The number of rotatable bonds is 7. The third-order valence-electron chi connectivity index (χ3n) is 4.68. The molecule has 1 heterocycles. The van der Waals surface area contributed by atoms with Crippen molar-refractivity contribution in [2.24, 2.45) is 5.92 Å². The first-order valence-electron chi connectivity index (χ1n) is 9.16. The monoisotopic (exact) mass is 389 g/mol. The fraction of sp³-hybridized carbons (Fsp3) is 0.429. The number of thioether (sulfide) groups is 2. The number of fused-ring (bicyclic) bond motifs is 1. The highest BCUT2D eigenvalue weighted by molar-refractivity contribution is 7.99. The molecule has 140 valence electrons. The minimum absolute atomic E-state index is 0.360. The fourth-order valence-corrected chi connectivity index (χ4v) is 5.13. The van der Waals surface area contributed by atoms with Gasteiger partial charge in [0.1, 0.15) is 18.1 Å². The summed E-state index contributed by atoms with van der Waals surface area (Å²) in [7, 11) is 0. The minimum atomic E-state index is 0.360. The smallest absolute Gasteiger partial charge is 0.132 e. The molecule has 1 aliphatic heterocycles. The first-order chi connectivity index (χ1) is 12.7. The van der Waals surface area contributed by atoms with Gasteiger partial charge in [-0.25, -0.2) is 0 Å². The average molecular weight is 390 g/mol. The molecular weight excluding hydrogens is 362 g/mol. The van der Waals surface area contributed by atoms with E-state index in [1.807, 2.05) is 49.0 Å². The Balaban J connectivity index is 1.48. The molecule has 3 nitrogen and oxygen atoms in total. The topological polar surface area (TPSA) is 41.5 Å². The zero-order chi connectivity index (χ0) is 18.4. The summed E-state index contributed by atoms with van der Waals surface area (Å²) in [5.41, 5.74) is 0.938. The molecular formula is C21H27NO2S2. The van der Waals surface area contributed by atoms with E-state index in [1.165, 1.54) is 4.90 Å². The molecule has 0 radical (unpaired) electrons. The van der Waals surface area contributed by atoms with E-state index in [1.54, 1.807) is 11.8 Å². The highest BCUT2D eigenvalue weighted by Crippen LogP contribution is 2.33. The molecule has 2 N–H and O–H groups in total. The number of aryl methyl sites for hydroxylation is 1. The van der Waals surface area contributed by atoms with Crippen molar-refractivity contribution in [1.82, 2.24) is 5.32 Å². The van der Waals surface area contributed by atoms with E-state index in [9.17, 15) is 5.11 Å². The summed E-state index contributed by atoms with van der Waals surface area (Å²) >= 11 is 3.61. The first-order valence-corrected chi connectivity index (χ1v) is 11.1. The quantitative estimate of drug-likeness (QED) is 0.655. The van der Waals surface area contributed by atoms with Crippen LogP contribution in [0.25, 0.3) is 0 Å². The summed E-state index contributed by atoms with van der Waals surface area (Å²) in [5, 5.41) is 13.9. The Bertz CT molecular complexity index is 696. The van der Waals surface area contributed by atoms with Crippen LogP contribution >= 0.6 is 23.5 Å². The number of benzene rings is 2. The van der Waals surface area contributed by atoms with Crippen LogP contribution in [0.5, 0.6) is 11.5 Å². The van der Waals surface area contributed by atoms with Crippen LogP contribution in [0.15, 0.2) is 52.3 Å². The van der Waals surface area contributed by atoms with Gasteiger partial charge >= 0.3 is 0 Å². The Labute approximate surface area is 164 Å². The fourth-order valence-electron chi connectivity index (χ4n) is 2.85. The molecule has 2 aromatic carbocycles. The maximum Gasteiger partial charge on any atom is 0.132 e. The Morgan fingerprint density at radius 3 is 2.96 bits per heavy atom. The molecule has 0 fully saturated rings. The van der Waals surface area contributed by atoms with Crippen molar-refractivity contribution >= 4 is 23.5 Å². The molecule has 0 amide bonds. The van der Waals surface area contributed by atoms with E-state index < -0.39 is 0 Å². The van der Waals surface area contributed by atoms with Gasteiger partial charge in [0.05, 0.1) is 6.04 Å². The van der Waals surface area contributed by atoms with E-state index in [2.05, 4.69) is 24.4 Å². The molecule has 0 bridgehead atoms. The van der Waals surface area contributed by atoms with Crippen molar-refractivity contribution in [1.29, 1.82) is 0 Å². The van der Waals surface area contributed by atoms with Crippen LogP contribution in [0.2, 0.25) is 0 Å². The second kappa shape index (κ2) is 9.58. The third kappa shape index (κ3) is 5.12. The lowest BCUT2D eigenvalue weighted by atomic mass is 10.1. The number of phenolic OH excluding ortho intramolecular Hbond substituents is 1. The second-order valence-corrected chi connectivity index (χ2v) is 8.80. The summed E-state index contributed by atoms with van der Waals surface area (Å²) < 4.78 is 5.96. The normalized spacial score (nSPS) is 17.8. The summed E-state index contributed by atoms with van der Waals surface area (Å²) in [6.07, 6.45) is 1.12. The van der Waals surface area contributed by atoms with Crippen molar-refractivity contribution < 1.29 is 9.84 Å². The van der Waals surface area contributed by atoms with Gasteiger partial charge in [0.15, 0.2) is 0 Å². The largest absolute Gasteiger partial charge is 0.507 e.